The molecule has 24 heavy (non-hydrogen) atoms. The van der Waals surface area contributed by atoms with Crippen molar-refractivity contribution in [2.45, 2.75) is 26.7 Å². The Hall–Kier alpha value is -2.24. The number of aliphatic imine (C=N–C) groups is 1. The minimum atomic E-state index is -0.222. The summed E-state index contributed by atoms with van der Waals surface area (Å²) in [4.78, 5) is 18.0. The molecule has 0 fully saturated rings. The van der Waals surface area contributed by atoms with Crippen molar-refractivity contribution in [1.82, 2.24) is 10.6 Å². The number of hydrogen-bond donors (Lipinski definition) is 2. The van der Waals surface area contributed by atoms with E-state index in [4.69, 9.17) is 0 Å². The van der Waals surface area contributed by atoms with Gasteiger partial charge >= 0.3 is 5.97 Å². The van der Waals surface area contributed by atoms with E-state index >= 15 is 0 Å². The third kappa shape index (κ3) is 7.85. The molecule has 6 nitrogen and oxygen atoms in total. The smallest absolute Gasteiger partial charge is 0.307 e. The number of guanidine groups is 1. The van der Waals surface area contributed by atoms with Gasteiger partial charge in [-0.05, 0) is 32.4 Å². The Morgan fingerprint density at radius 2 is 1.96 bits per heavy atom. The fourth-order valence-electron chi connectivity index (χ4n) is 2.29. The molecule has 0 aliphatic carbocycles. The van der Waals surface area contributed by atoms with Crippen molar-refractivity contribution in [2.75, 3.05) is 44.7 Å². The molecular formula is C18H30N4O2. The summed E-state index contributed by atoms with van der Waals surface area (Å²) in [5.74, 6) is 0.518. The van der Waals surface area contributed by atoms with Gasteiger partial charge in [0.1, 0.15) is 0 Å². The topological polar surface area (TPSA) is 66.0 Å². The molecule has 1 rings (SSSR count). The maximum atomic E-state index is 11.1. The predicted octanol–water partition coefficient (Wildman–Crippen LogP) is 2.02. The lowest BCUT2D eigenvalue weighted by Crippen LogP contribution is -2.38. The normalized spacial score (nSPS) is 11.0. The van der Waals surface area contributed by atoms with Gasteiger partial charge in [0.05, 0.1) is 13.5 Å². The third-order valence-electron chi connectivity index (χ3n) is 3.55. The predicted molar refractivity (Wildman–Crippen MR) is 99.6 cm³/mol. The Morgan fingerprint density at radius 1 is 1.21 bits per heavy atom. The van der Waals surface area contributed by atoms with Gasteiger partial charge in [-0.2, -0.15) is 0 Å². The van der Waals surface area contributed by atoms with Crippen LogP contribution in [-0.2, 0) is 9.53 Å². The van der Waals surface area contributed by atoms with Crippen molar-refractivity contribution >= 4 is 17.6 Å². The molecular weight excluding hydrogens is 304 g/mol. The molecule has 0 spiro atoms. The SMILES string of the molecule is CCNC(=NCCCN(CC)c1ccccc1)NCCC(=O)OC. The molecule has 0 aliphatic rings. The van der Waals surface area contributed by atoms with E-state index in [9.17, 15) is 4.79 Å². The molecule has 0 amide bonds. The van der Waals surface area contributed by atoms with Crippen LogP contribution in [0.4, 0.5) is 5.69 Å². The van der Waals surface area contributed by atoms with Gasteiger partial charge < -0.3 is 20.3 Å². The summed E-state index contributed by atoms with van der Waals surface area (Å²) in [5, 5.41) is 6.33. The summed E-state index contributed by atoms with van der Waals surface area (Å²) in [6, 6.07) is 10.4. The number of hydrogen-bond acceptors (Lipinski definition) is 4. The first-order chi connectivity index (χ1) is 11.7. The van der Waals surface area contributed by atoms with Crippen molar-refractivity contribution in [3.8, 4) is 0 Å². The molecule has 6 heteroatoms. The van der Waals surface area contributed by atoms with Gasteiger partial charge in [0.15, 0.2) is 5.96 Å². The average Bonchev–Trinajstić information content (AvgIpc) is 2.62. The third-order valence-corrected chi connectivity index (χ3v) is 3.55. The van der Waals surface area contributed by atoms with E-state index in [-0.39, 0.29) is 5.97 Å². The van der Waals surface area contributed by atoms with Crippen LogP contribution in [0.15, 0.2) is 35.3 Å². The number of methoxy groups -OCH3 is 1. The van der Waals surface area contributed by atoms with Crippen LogP contribution in [0.25, 0.3) is 0 Å². The summed E-state index contributed by atoms with van der Waals surface area (Å²) in [6.45, 7) is 8.16. The number of anilines is 1. The van der Waals surface area contributed by atoms with Crippen LogP contribution < -0.4 is 15.5 Å². The summed E-state index contributed by atoms with van der Waals surface area (Å²) >= 11 is 0. The second kappa shape index (κ2) is 12.2. The molecule has 0 radical (unpaired) electrons. The zero-order valence-electron chi connectivity index (χ0n) is 15.0. The number of rotatable bonds is 10. The van der Waals surface area contributed by atoms with E-state index in [1.54, 1.807) is 0 Å². The summed E-state index contributed by atoms with van der Waals surface area (Å²) in [6.07, 6.45) is 1.30. The van der Waals surface area contributed by atoms with Crippen LogP contribution in [0.1, 0.15) is 26.7 Å². The zero-order chi connectivity index (χ0) is 17.6. The Balaban J connectivity index is 2.38. The van der Waals surface area contributed by atoms with Gasteiger partial charge in [-0.25, -0.2) is 0 Å². The average molecular weight is 334 g/mol. The molecule has 0 aromatic heterocycles. The number of carbonyl (C=O) groups excluding carboxylic acids is 1. The first kappa shape index (κ1) is 19.8. The molecule has 0 heterocycles. The number of carbonyl (C=O) groups is 1. The van der Waals surface area contributed by atoms with Gasteiger partial charge in [-0.3, -0.25) is 9.79 Å². The number of nitrogens with zero attached hydrogens (tertiary/aromatic N) is 2. The van der Waals surface area contributed by atoms with Crippen LogP contribution in [0.3, 0.4) is 0 Å². The summed E-state index contributed by atoms with van der Waals surface area (Å²) in [7, 11) is 1.40. The first-order valence-electron chi connectivity index (χ1n) is 8.60. The molecule has 1 aromatic carbocycles. The van der Waals surface area contributed by atoms with E-state index < -0.39 is 0 Å². The van der Waals surface area contributed by atoms with E-state index in [2.05, 4.69) is 56.5 Å². The lowest BCUT2D eigenvalue weighted by molar-refractivity contribution is -0.140. The quantitative estimate of drug-likeness (QED) is 0.297. The number of ether oxygens (including phenoxy) is 1. The van der Waals surface area contributed by atoms with Gasteiger partial charge in [0, 0.05) is 38.4 Å². The molecule has 0 unspecified atom stereocenters. The number of esters is 1. The van der Waals surface area contributed by atoms with Gasteiger partial charge in [0.25, 0.3) is 0 Å². The van der Waals surface area contributed by atoms with Crippen molar-refractivity contribution in [2.24, 2.45) is 4.99 Å². The highest BCUT2D eigenvalue weighted by molar-refractivity contribution is 5.80. The standard InChI is InChI=1S/C18H30N4O2/c1-4-19-18(21-14-12-17(23)24-3)20-13-9-15-22(5-2)16-10-7-6-8-11-16/h6-8,10-11H,4-5,9,12-15H2,1-3H3,(H2,19,20,21). The number of benzene rings is 1. The lowest BCUT2D eigenvalue weighted by atomic mass is 10.2. The Kier molecular flexibility index (Phi) is 10.1. The van der Waals surface area contributed by atoms with E-state index in [0.29, 0.717) is 13.0 Å². The van der Waals surface area contributed by atoms with E-state index in [1.807, 2.05) is 13.0 Å². The first-order valence-corrected chi connectivity index (χ1v) is 8.60. The molecule has 0 saturated carbocycles. The number of para-hydroxylation sites is 1. The highest BCUT2D eigenvalue weighted by Crippen LogP contribution is 2.12. The maximum absolute atomic E-state index is 11.1. The maximum Gasteiger partial charge on any atom is 0.307 e. The molecule has 134 valence electrons. The van der Waals surface area contributed by atoms with Crippen LogP contribution >= 0.6 is 0 Å². The van der Waals surface area contributed by atoms with Gasteiger partial charge in [-0.1, -0.05) is 18.2 Å². The minimum absolute atomic E-state index is 0.222. The largest absolute Gasteiger partial charge is 0.469 e. The fourth-order valence-corrected chi connectivity index (χ4v) is 2.29. The van der Waals surface area contributed by atoms with Crippen LogP contribution in [-0.4, -0.2) is 51.8 Å². The number of nitrogens with one attached hydrogen (secondary N) is 2. The molecule has 2 N–H and O–H groups in total. The molecule has 0 aliphatic heterocycles. The van der Waals surface area contributed by atoms with Gasteiger partial charge in [-0.15, -0.1) is 0 Å². The summed E-state index contributed by atoms with van der Waals surface area (Å²) < 4.78 is 4.63. The molecule has 1 aromatic rings. The second-order valence-electron chi connectivity index (χ2n) is 5.28. The van der Waals surface area contributed by atoms with Crippen LogP contribution in [0.5, 0.6) is 0 Å². The second-order valence-corrected chi connectivity index (χ2v) is 5.28. The van der Waals surface area contributed by atoms with Crippen molar-refractivity contribution in [3.05, 3.63) is 30.3 Å². The molecule has 0 atom stereocenters. The zero-order valence-corrected chi connectivity index (χ0v) is 15.0. The Labute approximate surface area is 145 Å². The van der Waals surface area contributed by atoms with E-state index in [0.717, 1.165) is 38.6 Å². The van der Waals surface area contributed by atoms with Crippen molar-refractivity contribution < 1.29 is 9.53 Å². The van der Waals surface area contributed by atoms with Crippen LogP contribution in [0.2, 0.25) is 0 Å². The fraction of sp³-hybridized carbons (Fsp3) is 0.556. The van der Waals surface area contributed by atoms with Crippen molar-refractivity contribution in [1.29, 1.82) is 0 Å². The summed E-state index contributed by atoms with van der Waals surface area (Å²) in [5.41, 5.74) is 1.24. The van der Waals surface area contributed by atoms with E-state index in [1.165, 1.54) is 12.8 Å². The van der Waals surface area contributed by atoms with Crippen molar-refractivity contribution in [3.63, 3.8) is 0 Å². The van der Waals surface area contributed by atoms with Gasteiger partial charge in [0.2, 0.25) is 0 Å². The lowest BCUT2D eigenvalue weighted by Gasteiger charge is -2.22. The molecule has 0 saturated heterocycles. The Bertz CT molecular complexity index is 491. The molecule has 0 bridgehead atoms. The monoisotopic (exact) mass is 334 g/mol. The highest BCUT2D eigenvalue weighted by atomic mass is 16.5. The minimum Gasteiger partial charge on any atom is -0.469 e. The highest BCUT2D eigenvalue weighted by Gasteiger charge is 2.04. The van der Waals surface area contributed by atoms with Crippen LogP contribution in [0, 0.1) is 0 Å². The Morgan fingerprint density at radius 3 is 2.58 bits per heavy atom.